The van der Waals surface area contributed by atoms with E-state index in [4.69, 9.17) is 0 Å². The SMILES string of the molecule is Cc1cc(C(=O)NCCN2CCN(C(=O)C3CCCC3)CC2)nn1-c1ccccc1. The van der Waals surface area contributed by atoms with E-state index in [1.165, 1.54) is 12.8 Å². The molecule has 2 fully saturated rings. The Kier molecular flexibility index (Phi) is 6.47. The van der Waals surface area contributed by atoms with Gasteiger partial charge in [-0.05, 0) is 38.0 Å². The lowest BCUT2D eigenvalue weighted by atomic mass is 10.1. The van der Waals surface area contributed by atoms with Gasteiger partial charge in [0.15, 0.2) is 5.69 Å². The van der Waals surface area contributed by atoms with Gasteiger partial charge in [-0.3, -0.25) is 14.5 Å². The molecule has 160 valence electrons. The van der Waals surface area contributed by atoms with Gasteiger partial charge in [0.05, 0.1) is 5.69 Å². The third-order valence-corrected chi connectivity index (χ3v) is 6.22. The highest BCUT2D eigenvalue weighted by Gasteiger charge is 2.29. The molecule has 0 spiro atoms. The lowest BCUT2D eigenvalue weighted by molar-refractivity contribution is -0.137. The maximum atomic E-state index is 12.5. The summed E-state index contributed by atoms with van der Waals surface area (Å²) in [6.07, 6.45) is 4.51. The van der Waals surface area contributed by atoms with Gasteiger partial charge >= 0.3 is 0 Å². The van der Waals surface area contributed by atoms with Crippen LogP contribution in [0.3, 0.4) is 0 Å². The van der Waals surface area contributed by atoms with Gasteiger partial charge in [-0.25, -0.2) is 4.68 Å². The van der Waals surface area contributed by atoms with Gasteiger partial charge in [0, 0.05) is 50.9 Å². The summed E-state index contributed by atoms with van der Waals surface area (Å²) in [4.78, 5) is 29.4. The molecule has 0 atom stereocenters. The van der Waals surface area contributed by atoms with Crippen molar-refractivity contribution >= 4 is 11.8 Å². The first kappa shape index (κ1) is 20.6. The Morgan fingerprint density at radius 1 is 1.07 bits per heavy atom. The molecule has 1 aromatic heterocycles. The quantitative estimate of drug-likeness (QED) is 0.794. The van der Waals surface area contributed by atoms with E-state index in [0.29, 0.717) is 18.1 Å². The lowest BCUT2D eigenvalue weighted by Crippen LogP contribution is -2.51. The Morgan fingerprint density at radius 3 is 2.47 bits per heavy atom. The molecule has 1 aliphatic heterocycles. The van der Waals surface area contributed by atoms with Crippen molar-refractivity contribution in [3.8, 4) is 5.69 Å². The topological polar surface area (TPSA) is 70.5 Å². The van der Waals surface area contributed by atoms with E-state index in [9.17, 15) is 9.59 Å². The van der Waals surface area contributed by atoms with E-state index in [1.54, 1.807) is 4.68 Å². The molecule has 0 unspecified atom stereocenters. The maximum absolute atomic E-state index is 12.5. The van der Waals surface area contributed by atoms with Crippen LogP contribution in [-0.4, -0.2) is 70.7 Å². The second kappa shape index (κ2) is 9.43. The predicted octanol–water partition coefficient (Wildman–Crippen LogP) is 2.24. The van der Waals surface area contributed by atoms with Crippen LogP contribution in [0.4, 0.5) is 0 Å². The van der Waals surface area contributed by atoms with Crippen molar-refractivity contribution in [3.63, 3.8) is 0 Å². The Morgan fingerprint density at radius 2 is 1.77 bits per heavy atom. The lowest BCUT2D eigenvalue weighted by Gasteiger charge is -2.36. The number of nitrogens with one attached hydrogen (secondary N) is 1. The number of nitrogens with zero attached hydrogens (tertiary/aromatic N) is 4. The summed E-state index contributed by atoms with van der Waals surface area (Å²) in [5.74, 6) is 0.461. The van der Waals surface area contributed by atoms with Crippen LogP contribution < -0.4 is 5.32 Å². The molecule has 4 rings (SSSR count). The molecule has 0 bridgehead atoms. The van der Waals surface area contributed by atoms with E-state index >= 15 is 0 Å². The van der Waals surface area contributed by atoms with Crippen LogP contribution in [0.25, 0.3) is 5.69 Å². The summed E-state index contributed by atoms with van der Waals surface area (Å²) in [5.41, 5.74) is 2.30. The Labute approximate surface area is 178 Å². The third kappa shape index (κ3) is 4.73. The smallest absolute Gasteiger partial charge is 0.271 e. The van der Waals surface area contributed by atoms with Crippen molar-refractivity contribution in [2.24, 2.45) is 5.92 Å². The van der Waals surface area contributed by atoms with Crippen molar-refractivity contribution in [1.82, 2.24) is 24.9 Å². The van der Waals surface area contributed by atoms with Gasteiger partial charge in [0.25, 0.3) is 5.91 Å². The van der Waals surface area contributed by atoms with Gasteiger partial charge in [-0.15, -0.1) is 0 Å². The van der Waals surface area contributed by atoms with Crippen LogP contribution in [0.15, 0.2) is 36.4 Å². The first-order valence-corrected chi connectivity index (χ1v) is 11.0. The van der Waals surface area contributed by atoms with Gasteiger partial charge in [-0.1, -0.05) is 31.0 Å². The van der Waals surface area contributed by atoms with Crippen molar-refractivity contribution in [3.05, 3.63) is 47.8 Å². The zero-order valence-electron chi connectivity index (χ0n) is 17.7. The average Bonchev–Trinajstić information content (AvgIpc) is 3.44. The van der Waals surface area contributed by atoms with Crippen molar-refractivity contribution in [1.29, 1.82) is 0 Å². The largest absolute Gasteiger partial charge is 0.349 e. The van der Waals surface area contributed by atoms with Crippen LogP contribution in [0.1, 0.15) is 41.9 Å². The first-order chi connectivity index (χ1) is 14.6. The van der Waals surface area contributed by atoms with Crippen LogP contribution in [0, 0.1) is 12.8 Å². The number of rotatable bonds is 6. The number of para-hydroxylation sites is 1. The predicted molar refractivity (Wildman–Crippen MR) is 116 cm³/mol. The van der Waals surface area contributed by atoms with Crippen molar-refractivity contribution in [2.45, 2.75) is 32.6 Å². The zero-order chi connectivity index (χ0) is 20.9. The minimum atomic E-state index is -0.150. The summed E-state index contributed by atoms with van der Waals surface area (Å²) in [5, 5.41) is 7.44. The van der Waals surface area contributed by atoms with Crippen molar-refractivity contribution in [2.75, 3.05) is 39.3 Å². The third-order valence-electron chi connectivity index (χ3n) is 6.22. The average molecular weight is 410 g/mol. The Hall–Kier alpha value is -2.67. The molecule has 2 aromatic rings. The maximum Gasteiger partial charge on any atom is 0.271 e. The minimum absolute atomic E-state index is 0.150. The molecule has 0 radical (unpaired) electrons. The molecule has 2 amide bonds. The highest BCUT2D eigenvalue weighted by Crippen LogP contribution is 2.26. The molecule has 1 saturated carbocycles. The number of aryl methyl sites for hydroxylation is 1. The molecule has 2 heterocycles. The van der Waals surface area contributed by atoms with E-state index in [-0.39, 0.29) is 11.8 Å². The number of aromatic nitrogens is 2. The summed E-state index contributed by atoms with van der Waals surface area (Å²) < 4.78 is 1.79. The van der Waals surface area contributed by atoms with E-state index < -0.39 is 0 Å². The number of piperazine rings is 1. The Balaban J connectivity index is 1.22. The monoisotopic (exact) mass is 409 g/mol. The summed E-state index contributed by atoms with van der Waals surface area (Å²) in [7, 11) is 0. The second-order valence-electron chi connectivity index (χ2n) is 8.32. The van der Waals surface area contributed by atoms with E-state index in [2.05, 4.69) is 15.3 Å². The molecule has 1 N–H and O–H groups in total. The number of benzene rings is 1. The Bertz CT molecular complexity index is 865. The highest BCUT2D eigenvalue weighted by atomic mass is 16.2. The van der Waals surface area contributed by atoms with Gasteiger partial charge in [0.2, 0.25) is 5.91 Å². The molecule has 2 aliphatic rings. The molecule has 1 aliphatic carbocycles. The number of amides is 2. The molecule has 30 heavy (non-hydrogen) atoms. The standard InChI is InChI=1S/C23H31N5O2/c1-18-17-21(25-28(18)20-9-3-2-4-10-20)22(29)24-11-12-26-13-15-27(16-14-26)23(30)19-7-5-6-8-19/h2-4,9-10,17,19H,5-8,11-16H2,1H3,(H,24,29). The molecule has 1 aromatic carbocycles. The second-order valence-corrected chi connectivity index (χ2v) is 8.32. The van der Waals surface area contributed by atoms with E-state index in [1.807, 2.05) is 48.2 Å². The molecule has 7 nitrogen and oxygen atoms in total. The summed E-state index contributed by atoms with van der Waals surface area (Å²) >= 11 is 0. The fourth-order valence-corrected chi connectivity index (χ4v) is 4.46. The van der Waals surface area contributed by atoms with Crippen LogP contribution in [0.5, 0.6) is 0 Å². The molecular weight excluding hydrogens is 378 g/mol. The van der Waals surface area contributed by atoms with E-state index in [0.717, 1.165) is 56.9 Å². The number of hydrogen-bond acceptors (Lipinski definition) is 4. The van der Waals surface area contributed by atoms with Crippen LogP contribution in [-0.2, 0) is 4.79 Å². The zero-order valence-corrected chi connectivity index (χ0v) is 17.7. The van der Waals surface area contributed by atoms with Gasteiger partial charge in [-0.2, -0.15) is 5.10 Å². The van der Waals surface area contributed by atoms with Crippen LogP contribution >= 0.6 is 0 Å². The van der Waals surface area contributed by atoms with Crippen molar-refractivity contribution < 1.29 is 9.59 Å². The van der Waals surface area contributed by atoms with Gasteiger partial charge < -0.3 is 10.2 Å². The van der Waals surface area contributed by atoms with Crippen LogP contribution in [0.2, 0.25) is 0 Å². The number of carbonyl (C=O) groups is 2. The summed E-state index contributed by atoms with van der Waals surface area (Å²) in [6.45, 7) is 6.64. The molecule has 7 heteroatoms. The normalized spacial score (nSPS) is 18.0. The molecule has 1 saturated heterocycles. The summed E-state index contributed by atoms with van der Waals surface area (Å²) in [6, 6.07) is 11.6. The number of carbonyl (C=O) groups excluding carboxylic acids is 2. The fourth-order valence-electron chi connectivity index (χ4n) is 4.46. The van der Waals surface area contributed by atoms with Gasteiger partial charge in [0.1, 0.15) is 0 Å². The minimum Gasteiger partial charge on any atom is -0.349 e. The molecular formula is C23H31N5O2. The fraction of sp³-hybridized carbons (Fsp3) is 0.522. The highest BCUT2D eigenvalue weighted by molar-refractivity contribution is 5.92. The number of hydrogen-bond donors (Lipinski definition) is 1. The first-order valence-electron chi connectivity index (χ1n) is 11.0.